The molecule has 5 aromatic heterocycles. The van der Waals surface area contributed by atoms with Crippen molar-refractivity contribution in [2.24, 2.45) is 5.92 Å². The fourth-order valence-electron chi connectivity index (χ4n) is 5.88. The Hall–Kier alpha value is -4.27. The maximum atomic E-state index is 12.6. The Balaban J connectivity index is 1.22. The van der Waals surface area contributed by atoms with Gasteiger partial charge in [-0.3, -0.25) is 19.9 Å². The summed E-state index contributed by atoms with van der Waals surface area (Å²) in [7, 11) is 0. The molecule has 38 heavy (non-hydrogen) atoms. The van der Waals surface area contributed by atoms with Crippen LogP contribution in [0, 0.1) is 5.92 Å². The zero-order chi connectivity index (χ0) is 25.5. The average Bonchev–Trinajstić information content (AvgIpc) is 3.73. The van der Waals surface area contributed by atoms with Crippen molar-refractivity contribution in [3.63, 3.8) is 0 Å². The monoisotopic (exact) mass is 506 g/mol. The van der Waals surface area contributed by atoms with E-state index in [4.69, 9.17) is 4.98 Å². The predicted octanol–water partition coefficient (Wildman–Crippen LogP) is 5.68. The van der Waals surface area contributed by atoms with E-state index in [2.05, 4.69) is 41.4 Å². The van der Waals surface area contributed by atoms with E-state index in [1.807, 2.05) is 30.6 Å². The van der Waals surface area contributed by atoms with Crippen LogP contribution < -0.4 is 10.2 Å². The summed E-state index contributed by atoms with van der Waals surface area (Å²) in [6.45, 7) is 2.12. The van der Waals surface area contributed by atoms with Crippen LogP contribution >= 0.6 is 0 Å². The number of rotatable bonds is 5. The largest absolute Gasteiger partial charge is 0.370 e. The van der Waals surface area contributed by atoms with Crippen molar-refractivity contribution < 1.29 is 4.79 Å². The lowest BCUT2D eigenvalue weighted by atomic mass is 10.1. The number of nitrogens with zero attached hydrogens (tertiary/aromatic N) is 5. The standard InChI is InChI=1S/C29H30N8O/c38-29(18-6-2-3-7-18)32-20-12-19(14-30-15-20)22-8-9-23-27(34-22)28(36-35-23)24-13-21-25(33-24)16-31-17-26(21)37-10-4-1-5-11-37/h8-9,12-18,33H,1-7,10-11H2,(H,32,38)(H,35,36). The summed E-state index contributed by atoms with van der Waals surface area (Å²) in [4.78, 5) is 32.4. The first-order valence-electron chi connectivity index (χ1n) is 13.6. The molecule has 7 rings (SSSR count). The third-order valence-corrected chi connectivity index (χ3v) is 7.91. The number of hydrogen-bond donors (Lipinski definition) is 3. The van der Waals surface area contributed by atoms with Crippen LogP contribution in [0.25, 0.3) is 44.6 Å². The number of carbonyl (C=O) groups is 1. The highest BCUT2D eigenvalue weighted by Gasteiger charge is 2.23. The summed E-state index contributed by atoms with van der Waals surface area (Å²) >= 11 is 0. The van der Waals surface area contributed by atoms with E-state index < -0.39 is 0 Å². The van der Waals surface area contributed by atoms with E-state index >= 15 is 0 Å². The average molecular weight is 507 g/mol. The van der Waals surface area contributed by atoms with Crippen molar-refractivity contribution in [2.75, 3.05) is 23.3 Å². The van der Waals surface area contributed by atoms with E-state index in [1.165, 1.54) is 24.9 Å². The molecule has 0 atom stereocenters. The number of H-pyrrole nitrogens is 2. The van der Waals surface area contributed by atoms with Gasteiger partial charge in [-0.25, -0.2) is 4.98 Å². The van der Waals surface area contributed by atoms with E-state index in [0.717, 1.165) is 83.4 Å². The molecule has 9 nitrogen and oxygen atoms in total. The summed E-state index contributed by atoms with van der Waals surface area (Å²) in [6, 6.07) is 8.04. The van der Waals surface area contributed by atoms with Crippen molar-refractivity contribution in [1.82, 2.24) is 30.1 Å². The Kier molecular flexibility index (Phi) is 5.76. The van der Waals surface area contributed by atoms with Crippen LogP contribution in [-0.2, 0) is 4.79 Å². The number of aromatic amines is 2. The van der Waals surface area contributed by atoms with Gasteiger partial charge in [-0.05, 0) is 56.4 Å². The lowest BCUT2D eigenvalue weighted by Crippen LogP contribution is -2.29. The topological polar surface area (TPSA) is 115 Å². The molecule has 1 aliphatic carbocycles. The molecule has 0 radical (unpaired) electrons. The quantitative estimate of drug-likeness (QED) is 0.282. The van der Waals surface area contributed by atoms with Gasteiger partial charge >= 0.3 is 0 Å². The first-order valence-corrected chi connectivity index (χ1v) is 13.6. The minimum absolute atomic E-state index is 0.0826. The van der Waals surface area contributed by atoms with Crippen LogP contribution in [0.4, 0.5) is 11.4 Å². The van der Waals surface area contributed by atoms with Gasteiger partial charge in [-0.15, -0.1) is 0 Å². The molecule has 1 amide bonds. The van der Waals surface area contributed by atoms with Gasteiger partial charge in [0.2, 0.25) is 5.91 Å². The molecule has 2 aliphatic rings. The van der Waals surface area contributed by atoms with E-state index in [-0.39, 0.29) is 11.8 Å². The van der Waals surface area contributed by atoms with Gasteiger partial charge in [0, 0.05) is 36.2 Å². The smallest absolute Gasteiger partial charge is 0.227 e. The van der Waals surface area contributed by atoms with Crippen molar-refractivity contribution in [2.45, 2.75) is 44.9 Å². The van der Waals surface area contributed by atoms with Gasteiger partial charge in [0.05, 0.1) is 52.4 Å². The maximum Gasteiger partial charge on any atom is 0.227 e. The second kappa shape index (κ2) is 9.55. The maximum absolute atomic E-state index is 12.6. The number of piperidine rings is 1. The Labute approximate surface area is 220 Å². The Bertz CT molecular complexity index is 1620. The van der Waals surface area contributed by atoms with Gasteiger partial charge < -0.3 is 15.2 Å². The number of carbonyl (C=O) groups excluding carboxylic acids is 1. The van der Waals surface area contributed by atoms with Gasteiger partial charge in [0.15, 0.2) is 0 Å². The van der Waals surface area contributed by atoms with Gasteiger partial charge in [-0.1, -0.05) is 12.8 Å². The number of anilines is 2. The summed E-state index contributed by atoms with van der Waals surface area (Å²) in [5.74, 6) is 0.183. The Morgan fingerprint density at radius 2 is 1.76 bits per heavy atom. The normalized spacial score (nSPS) is 16.5. The molecule has 1 saturated carbocycles. The number of fused-ring (bicyclic) bond motifs is 2. The highest BCUT2D eigenvalue weighted by molar-refractivity contribution is 5.99. The van der Waals surface area contributed by atoms with Crippen LogP contribution in [0.5, 0.6) is 0 Å². The highest BCUT2D eigenvalue weighted by Crippen LogP contribution is 2.34. The molecular formula is C29H30N8O. The number of hydrogen-bond acceptors (Lipinski definition) is 6. The van der Waals surface area contributed by atoms with Crippen LogP contribution in [0.15, 0.2) is 49.1 Å². The molecule has 3 N–H and O–H groups in total. The third kappa shape index (κ3) is 4.17. The van der Waals surface area contributed by atoms with Crippen molar-refractivity contribution >= 4 is 39.2 Å². The second-order valence-electron chi connectivity index (χ2n) is 10.4. The van der Waals surface area contributed by atoms with Crippen LogP contribution in [0.3, 0.4) is 0 Å². The summed E-state index contributed by atoms with van der Waals surface area (Å²) < 4.78 is 0. The third-order valence-electron chi connectivity index (χ3n) is 7.91. The highest BCUT2D eigenvalue weighted by atomic mass is 16.1. The van der Waals surface area contributed by atoms with Gasteiger partial charge in [0.1, 0.15) is 11.2 Å². The number of pyridine rings is 3. The van der Waals surface area contributed by atoms with Crippen LogP contribution in [0.1, 0.15) is 44.9 Å². The molecule has 6 heterocycles. The van der Waals surface area contributed by atoms with Crippen molar-refractivity contribution in [3.8, 4) is 22.6 Å². The Morgan fingerprint density at radius 1 is 0.921 bits per heavy atom. The predicted molar refractivity (Wildman–Crippen MR) is 149 cm³/mol. The fourth-order valence-corrected chi connectivity index (χ4v) is 5.88. The number of amides is 1. The lowest BCUT2D eigenvalue weighted by Gasteiger charge is -2.28. The van der Waals surface area contributed by atoms with Crippen molar-refractivity contribution in [3.05, 3.63) is 49.1 Å². The molecule has 0 bridgehead atoms. The van der Waals surface area contributed by atoms with Crippen LogP contribution in [0.2, 0.25) is 0 Å². The minimum atomic E-state index is 0.0826. The zero-order valence-corrected chi connectivity index (χ0v) is 21.2. The zero-order valence-electron chi connectivity index (χ0n) is 21.2. The molecular weight excluding hydrogens is 476 g/mol. The summed E-state index contributed by atoms with van der Waals surface area (Å²) in [6.07, 6.45) is 15.2. The van der Waals surface area contributed by atoms with Gasteiger partial charge in [0.25, 0.3) is 0 Å². The molecule has 2 fully saturated rings. The molecule has 1 aliphatic heterocycles. The first kappa shape index (κ1) is 22.9. The molecule has 1 saturated heterocycles. The summed E-state index contributed by atoms with van der Waals surface area (Å²) in [5.41, 5.74) is 7.78. The lowest BCUT2D eigenvalue weighted by molar-refractivity contribution is -0.119. The summed E-state index contributed by atoms with van der Waals surface area (Å²) in [5, 5.41) is 11.9. The van der Waals surface area contributed by atoms with Crippen LogP contribution in [-0.4, -0.2) is 49.1 Å². The van der Waals surface area contributed by atoms with E-state index in [1.54, 1.807) is 12.4 Å². The number of aromatic nitrogens is 6. The molecule has 192 valence electrons. The molecule has 0 spiro atoms. The second-order valence-corrected chi connectivity index (χ2v) is 10.4. The SMILES string of the molecule is O=C(Nc1cncc(-c2ccc3[nH]nc(-c4cc5c(N6CCCCC6)cncc5[nH]4)c3n2)c1)C1CCCC1. The molecule has 5 aromatic rings. The first-order chi connectivity index (χ1) is 18.7. The molecule has 0 aromatic carbocycles. The molecule has 0 unspecified atom stereocenters. The van der Waals surface area contributed by atoms with E-state index in [0.29, 0.717) is 5.69 Å². The minimum Gasteiger partial charge on any atom is -0.370 e. The Morgan fingerprint density at radius 3 is 2.63 bits per heavy atom. The van der Waals surface area contributed by atoms with E-state index in [9.17, 15) is 4.79 Å². The number of nitrogens with one attached hydrogen (secondary N) is 3. The molecule has 9 heteroatoms. The van der Waals surface area contributed by atoms with Crippen molar-refractivity contribution in [1.29, 1.82) is 0 Å². The van der Waals surface area contributed by atoms with Gasteiger partial charge in [-0.2, -0.15) is 5.10 Å². The fraction of sp³-hybridized carbons (Fsp3) is 0.345.